The Morgan fingerprint density at radius 1 is 1.38 bits per heavy atom. The van der Waals surface area contributed by atoms with Crippen LogP contribution in [-0.4, -0.2) is 19.3 Å². The van der Waals surface area contributed by atoms with Crippen LogP contribution < -0.4 is 5.32 Å². The predicted octanol–water partition coefficient (Wildman–Crippen LogP) is 2.57. The van der Waals surface area contributed by atoms with Crippen LogP contribution in [0.5, 0.6) is 0 Å². The average molecular weight is 195 g/mol. The van der Waals surface area contributed by atoms with Crippen LogP contribution in [0.25, 0.3) is 0 Å². The highest BCUT2D eigenvalue weighted by Gasteiger charge is 2.55. The van der Waals surface area contributed by atoms with Gasteiger partial charge in [-0.2, -0.15) is 13.2 Å². The fourth-order valence-electron chi connectivity index (χ4n) is 2.06. The summed E-state index contributed by atoms with van der Waals surface area (Å²) in [4.78, 5) is 0. The highest BCUT2D eigenvalue weighted by atomic mass is 19.4. The third-order valence-corrected chi connectivity index (χ3v) is 2.64. The van der Waals surface area contributed by atoms with Crippen LogP contribution in [0.1, 0.15) is 26.7 Å². The summed E-state index contributed by atoms with van der Waals surface area (Å²) >= 11 is 0. The van der Waals surface area contributed by atoms with Crippen molar-refractivity contribution in [3.63, 3.8) is 0 Å². The van der Waals surface area contributed by atoms with Gasteiger partial charge in [-0.15, -0.1) is 0 Å². The lowest BCUT2D eigenvalue weighted by atomic mass is 9.79. The number of hydrogen-bond acceptors (Lipinski definition) is 1. The van der Waals surface area contributed by atoms with Gasteiger partial charge in [0.15, 0.2) is 0 Å². The number of nitrogens with one attached hydrogen (secondary N) is 1. The minimum atomic E-state index is -4.05. The van der Waals surface area contributed by atoms with Gasteiger partial charge in [0.2, 0.25) is 0 Å². The van der Waals surface area contributed by atoms with Gasteiger partial charge in [0.1, 0.15) is 0 Å². The predicted molar refractivity (Wildman–Crippen MR) is 45.4 cm³/mol. The van der Waals surface area contributed by atoms with E-state index in [1.807, 2.05) is 13.8 Å². The van der Waals surface area contributed by atoms with E-state index in [1.54, 1.807) is 0 Å². The van der Waals surface area contributed by atoms with E-state index in [2.05, 4.69) is 5.32 Å². The molecule has 0 radical (unpaired) electrons. The molecule has 1 aliphatic rings. The number of halogens is 3. The van der Waals surface area contributed by atoms with E-state index < -0.39 is 11.6 Å². The minimum absolute atomic E-state index is 0.0919. The van der Waals surface area contributed by atoms with E-state index in [-0.39, 0.29) is 25.3 Å². The molecule has 1 N–H and O–H groups in total. The Balaban J connectivity index is 2.75. The van der Waals surface area contributed by atoms with Gasteiger partial charge in [0.05, 0.1) is 5.41 Å². The quantitative estimate of drug-likeness (QED) is 0.714. The molecule has 0 aliphatic carbocycles. The normalized spacial score (nSPS) is 30.0. The Kier molecular flexibility index (Phi) is 2.90. The SMILES string of the molecule is CC(C)CC1(C(F)(F)F)CCNC1. The maximum atomic E-state index is 12.7. The first kappa shape index (κ1) is 10.8. The molecule has 0 aromatic carbocycles. The summed E-state index contributed by atoms with van der Waals surface area (Å²) in [6.07, 6.45) is -3.58. The molecule has 1 rings (SSSR count). The van der Waals surface area contributed by atoms with Crippen molar-refractivity contribution in [1.29, 1.82) is 0 Å². The molecule has 0 bridgehead atoms. The molecule has 1 saturated heterocycles. The third-order valence-electron chi connectivity index (χ3n) is 2.64. The molecule has 0 aromatic heterocycles. The van der Waals surface area contributed by atoms with Crippen molar-refractivity contribution in [2.75, 3.05) is 13.1 Å². The van der Waals surface area contributed by atoms with Crippen molar-refractivity contribution in [3.05, 3.63) is 0 Å². The summed E-state index contributed by atoms with van der Waals surface area (Å²) in [6.45, 7) is 4.26. The standard InChI is InChI=1S/C9H16F3N/c1-7(2)5-8(9(10,11)12)3-4-13-6-8/h7,13H,3-6H2,1-2H3. The van der Waals surface area contributed by atoms with E-state index in [4.69, 9.17) is 0 Å². The van der Waals surface area contributed by atoms with Crippen LogP contribution in [0.15, 0.2) is 0 Å². The van der Waals surface area contributed by atoms with E-state index in [1.165, 1.54) is 0 Å². The summed E-state index contributed by atoms with van der Waals surface area (Å²) in [5.74, 6) is 0.0986. The zero-order valence-electron chi connectivity index (χ0n) is 8.04. The molecule has 0 aromatic rings. The molecule has 1 heterocycles. The molecular formula is C9H16F3N. The average Bonchev–Trinajstić information content (AvgIpc) is 2.33. The molecular weight excluding hydrogens is 179 g/mol. The van der Waals surface area contributed by atoms with Crippen molar-refractivity contribution in [2.24, 2.45) is 11.3 Å². The topological polar surface area (TPSA) is 12.0 Å². The molecule has 0 amide bonds. The highest BCUT2D eigenvalue weighted by molar-refractivity contribution is 4.94. The molecule has 1 atom stereocenters. The molecule has 1 unspecified atom stereocenters. The third kappa shape index (κ3) is 2.16. The van der Waals surface area contributed by atoms with Crippen LogP contribution >= 0.6 is 0 Å². The van der Waals surface area contributed by atoms with Crippen LogP contribution in [0.3, 0.4) is 0 Å². The first-order valence-electron chi connectivity index (χ1n) is 4.65. The second kappa shape index (κ2) is 3.48. The zero-order chi connectivity index (χ0) is 10.1. The summed E-state index contributed by atoms with van der Waals surface area (Å²) in [6, 6.07) is 0. The van der Waals surface area contributed by atoms with Gasteiger partial charge < -0.3 is 5.32 Å². The van der Waals surface area contributed by atoms with Gasteiger partial charge >= 0.3 is 6.18 Å². The number of hydrogen-bond donors (Lipinski definition) is 1. The molecule has 13 heavy (non-hydrogen) atoms. The fourth-order valence-corrected chi connectivity index (χ4v) is 2.06. The zero-order valence-corrected chi connectivity index (χ0v) is 8.04. The van der Waals surface area contributed by atoms with Gasteiger partial charge in [-0.1, -0.05) is 13.8 Å². The summed E-state index contributed by atoms with van der Waals surface area (Å²) < 4.78 is 38.2. The maximum absolute atomic E-state index is 12.7. The van der Waals surface area contributed by atoms with Crippen LogP contribution in [0.2, 0.25) is 0 Å². The largest absolute Gasteiger partial charge is 0.395 e. The molecule has 0 saturated carbocycles. The van der Waals surface area contributed by atoms with Crippen LogP contribution in [-0.2, 0) is 0 Å². The van der Waals surface area contributed by atoms with E-state index in [9.17, 15) is 13.2 Å². The summed E-state index contributed by atoms with van der Waals surface area (Å²) in [7, 11) is 0. The smallest absolute Gasteiger partial charge is 0.316 e. The van der Waals surface area contributed by atoms with Crippen molar-refractivity contribution in [2.45, 2.75) is 32.9 Å². The first-order chi connectivity index (χ1) is 5.87. The van der Waals surface area contributed by atoms with Crippen molar-refractivity contribution < 1.29 is 13.2 Å². The van der Waals surface area contributed by atoms with Crippen molar-refractivity contribution in [3.8, 4) is 0 Å². The Bertz CT molecular complexity index is 168. The van der Waals surface area contributed by atoms with Gasteiger partial charge in [-0.05, 0) is 25.3 Å². The summed E-state index contributed by atoms with van der Waals surface area (Å²) in [5.41, 5.74) is -1.46. The van der Waals surface area contributed by atoms with Gasteiger partial charge in [0, 0.05) is 6.54 Å². The first-order valence-corrected chi connectivity index (χ1v) is 4.65. The number of rotatable bonds is 2. The highest BCUT2D eigenvalue weighted by Crippen LogP contribution is 2.47. The molecule has 1 fully saturated rings. The fraction of sp³-hybridized carbons (Fsp3) is 1.00. The molecule has 1 nitrogen and oxygen atoms in total. The van der Waals surface area contributed by atoms with Crippen molar-refractivity contribution in [1.82, 2.24) is 5.32 Å². The lowest BCUT2D eigenvalue weighted by Gasteiger charge is -2.32. The monoisotopic (exact) mass is 195 g/mol. The molecule has 1 aliphatic heterocycles. The van der Waals surface area contributed by atoms with Crippen molar-refractivity contribution >= 4 is 0 Å². The minimum Gasteiger partial charge on any atom is -0.316 e. The molecule has 0 spiro atoms. The Morgan fingerprint density at radius 3 is 2.31 bits per heavy atom. The maximum Gasteiger partial charge on any atom is 0.395 e. The van der Waals surface area contributed by atoms with E-state index >= 15 is 0 Å². The summed E-state index contributed by atoms with van der Waals surface area (Å²) in [5, 5.41) is 2.81. The van der Waals surface area contributed by atoms with E-state index in [0.29, 0.717) is 6.54 Å². The number of alkyl halides is 3. The van der Waals surface area contributed by atoms with Gasteiger partial charge in [-0.25, -0.2) is 0 Å². The van der Waals surface area contributed by atoms with E-state index in [0.717, 1.165) is 0 Å². The molecule has 4 heteroatoms. The Hall–Kier alpha value is -0.250. The lowest BCUT2D eigenvalue weighted by Crippen LogP contribution is -2.41. The lowest BCUT2D eigenvalue weighted by molar-refractivity contribution is -0.222. The van der Waals surface area contributed by atoms with Gasteiger partial charge in [0.25, 0.3) is 0 Å². The second-order valence-corrected chi connectivity index (χ2v) is 4.30. The second-order valence-electron chi connectivity index (χ2n) is 4.30. The van der Waals surface area contributed by atoms with Crippen LogP contribution in [0.4, 0.5) is 13.2 Å². The Morgan fingerprint density at radius 2 is 2.00 bits per heavy atom. The molecule has 78 valence electrons. The van der Waals surface area contributed by atoms with Gasteiger partial charge in [-0.3, -0.25) is 0 Å². The Labute approximate surface area is 76.7 Å². The van der Waals surface area contributed by atoms with Crippen LogP contribution in [0, 0.1) is 11.3 Å².